The Morgan fingerprint density at radius 2 is 1.94 bits per heavy atom. The summed E-state index contributed by atoms with van der Waals surface area (Å²) >= 11 is 0. The average Bonchev–Trinajstić information content (AvgIpc) is 2.28. The summed E-state index contributed by atoms with van der Waals surface area (Å²) in [6.45, 7) is 3.99. The van der Waals surface area contributed by atoms with Gasteiger partial charge in [0.1, 0.15) is 0 Å². The molecule has 1 aliphatic heterocycles. The van der Waals surface area contributed by atoms with Crippen molar-refractivity contribution in [3.8, 4) is 0 Å². The molecule has 1 saturated carbocycles. The third-order valence-electron chi connectivity index (χ3n) is 4.51. The monoisotopic (exact) mass is 239 g/mol. The van der Waals surface area contributed by atoms with Crippen LogP contribution in [0.1, 0.15) is 58.3 Å². The second-order valence-corrected chi connectivity index (χ2v) is 5.90. The number of hydrogen-bond acceptors (Lipinski definition) is 2. The number of rotatable bonds is 4. The summed E-state index contributed by atoms with van der Waals surface area (Å²) in [5.41, 5.74) is 0.389. The van der Waals surface area contributed by atoms with E-state index in [0.29, 0.717) is 11.3 Å². The average molecular weight is 239 g/mol. The van der Waals surface area contributed by atoms with E-state index < -0.39 is 0 Å². The van der Waals surface area contributed by atoms with Crippen LogP contribution < -0.4 is 0 Å². The van der Waals surface area contributed by atoms with Gasteiger partial charge in [0.2, 0.25) is 5.91 Å². The van der Waals surface area contributed by atoms with E-state index in [-0.39, 0.29) is 6.10 Å². The Balaban J connectivity index is 1.69. The normalized spacial score (nSPS) is 23.8. The van der Waals surface area contributed by atoms with Crippen molar-refractivity contribution in [2.24, 2.45) is 5.41 Å². The number of amides is 1. The highest BCUT2D eigenvalue weighted by Gasteiger charge is 2.45. The van der Waals surface area contributed by atoms with E-state index in [0.717, 1.165) is 58.0 Å². The molecule has 0 atom stereocenters. The molecule has 1 N–H and O–H groups in total. The number of hydrogen-bond donors (Lipinski definition) is 1. The number of carbonyl (C=O) groups is 1. The molecule has 0 aromatic rings. The molecular weight excluding hydrogens is 214 g/mol. The van der Waals surface area contributed by atoms with Gasteiger partial charge in [-0.15, -0.1) is 0 Å². The standard InChI is InChI=1S/C14H25NO2/c1-2-3-4-5-13(17)15-8-6-14(7-9-15)10-12(16)11-14/h12,16H,2-11H2,1H3. The molecule has 1 saturated heterocycles. The number of likely N-dealkylation sites (tertiary alicyclic amines) is 1. The molecule has 17 heavy (non-hydrogen) atoms. The molecule has 1 aliphatic carbocycles. The van der Waals surface area contributed by atoms with Crippen LogP contribution in [0.5, 0.6) is 0 Å². The van der Waals surface area contributed by atoms with Crippen molar-refractivity contribution >= 4 is 5.91 Å². The number of nitrogens with zero attached hydrogens (tertiary/aromatic N) is 1. The molecule has 1 heterocycles. The van der Waals surface area contributed by atoms with E-state index >= 15 is 0 Å². The van der Waals surface area contributed by atoms with Crippen molar-refractivity contribution in [3.05, 3.63) is 0 Å². The smallest absolute Gasteiger partial charge is 0.222 e. The molecule has 0 aromatic carbocycles. The Kier molecular flexibility index (Phi) is 4.08. The quantitative estimate of drug-likeness (QED) is 0.765. The van der Waals surface area contributed by atoms with Crippen molar-refractivity contribution in [1.82, 2.24) is 4.90 Å². The molecule has 0 unspecified atom stereocenters. The van der Waals surface area contributed by atoms with Gasteiger partial charge in [-0.3, -0.25) is 4.79 Å². The molecule has 2 rings (SSSR count). The lowest BCUT2D eigenvalue weighted by Gasteiger charge is -2.50. The fourth-order valence-electron chi connectivity index (χ4n) is 3.26. The first-order valence-corrected chi connectivity index (χ1v) is 7.11. The zero-order valence-electron chi connectivity index (χ0n) is 11.0. The van der Waals surface area contributed by atoms with Crippen LogP contribution in [-0.4, -0.2) is 35.1 Å². The molecule has 0 radical (unpaired) electrons. The summed E-state index contributed by atoms with van der Waals surface area (Å²) < 4.78 is 0. The van der Waals surface area contributed by atoms with Crippen molar-refractivity contribution in [2.75, 3.05) is 13.1 Å². The zero-order valence-corrected chi connectivity index (χ0v) is 11.0. The van der Waals surface area contributed by atoms with Gasteiger partial charge in [0, 0.05) is 19.5 Å². The minimum atomic E-state index is -0.0678. The number of piperidine rings is 1. The topological polar surface area (TPSA) is 40.5 Å². The van der Waals surface area contributed by atoms with E-state index in [1.54, 1.807) is 0 Å². The lowest BCUT2D eigenvalue weighted by Crippen LogP contribution is -2.50. The van der Waals surface area contributed by atoms with Crippen LogP contribution in [0.15, 0.2) is 0 Å². The van der Waals surface area contributed by atoms with Crippen LogP contribution in [0.3, 0.4) is 0 Å². The van der Waals surface area contributed by atoms with Crippen LogP contribution in [0.4, 0.5) is 0 Å². The van der Waals surface area contributed by atoms with Crippen LogP contribution >= 0.6 is 0 Å². The maximum Gasteiger partial charge on any atom is 0.222 e. The van der Waals surface area contributed by atoms with Gasteiger partial charge in [-0.25, -0.2) is 0 Å². The lowest BCUT2D eigenvalue weighted by molar-refractivity contribution is -0.137. The maximum absolute atomic E-state index is 11.9. The van der Waals surface area contributed by atoms with Crippen LogP contribution in [0.25, 0.3) is 0 Å². The summed E-state index contributed by atoms with van der Waals surface area (Å²) in [5, 5.41) is 9.40. The highest BCUT2D eigenvalue weighted by molar-refractivity contribution is 5.76. The van der Waals surface area contributed by atoms with Gasteiger partial charge < -0.3 is 10.0 Å². The van der Waals surface area contributed by atoms with Gasteiger partial charge in [0.15, 0.2) is 0 Å². The van der Waals surface area contributed by atoms with E-state index in [1.165, 1.54) is 6.42 Å². The third-order valence-corrected chi connectivity index (χ3v) is 4.51. The SMILES string of the molecule is CCCCCC(=O)N1CCC2(CC1)CC(O)C2. The predicted molar refractivity (Wildman–Crippen MR) is 67.6 cm³/mol. The minimum Gasteiger partial charge on any atom is -0.393 e. The van der Waals surface area contributed by atoms with Crippen molar-refractivity contribution in [3.63, 3.8) is 0 Å². The number of carbonyl (C=O) groups excluding carboxylic acids is 1. The van der Waals surface area contributed by atoms with Gasteiger partial charge in [-0.1, -0.05) is 19.8 Å². The van der Waals surface area contributed by atoms with E-state index in [4.69, 9.17) is 0 Å². The van der Waals surface area contributed by atoms with E-state index in [9.17, 15) is 9.90 Å². The Morgan fingerprint density at radius 1 is 1.29 bits per heavy atom. The predicted octanol–water partition coefficient (Wildman–Crippen LogP) is 2.33. The summed E-state index contributed by atoms with van der Waals surface area (Å²) in [6, 6.07) is 0. The summed E-state index contributed by atoms with van der Waals surface area (Å²) in [4.78, 5) is 14.0. The fourth-order valence-corrected chi connectivity index (χ4v) is 3.26. The Morgan fingerprint density at radius 3 is 2.47 bits per heavy atom. The van der Waals surface area contributed by atoms with Gasteiger partial charge in [0.05, 0.1) is 6.10 Å². The molecule has 0 bridgehead atoms. The molecule has 2 aliphatic rings. The first-order valence-electron chi connectivity index (χ1n) is 7.11. The largest absolute Gasteiger partial charge is 0.393 e. The number of aliphatic hydroxyl groups excluding tert-OH is 1. The van der Waals surface area contributed by atoms with E-state index in [1.807, 2.05) is 4.90 Å². The number of aliphatic hydroxyl groups is 1. The summed E-state index contributed by atoms with van der Waals surface area (Å²) in [6.07, 6.45) is 8.16. The molecule has 3 nitrogen and oxygen atoms in total. The fraction of sp³-hybridized carbons (Fsp3) is 0.929. The summed E-state index contributed by atoms with van der Waals surface area (Å²) in [5.74, 6) is 0.341. The van der Waals surface area contributed by atoms with Gasteiger partial charge in [-0.2, -0.15) is 0 Å². The highest BCUT2D eigenvalue weighted by Crippen LogP contribution is 2.48. The Bertz CT molecular complexity index is 261. The van der Waals surface area contributed by atoms with Gasteiger partial charge in [0.25, 0.3) is 0 Å². The third kappa shape index (κ3) is 3.01. The minimum absolute atomic E-state index is 0.0678. The maximum atomic E-state index is 11.9. The first-order chi connectivity index (χ1) is 8.15. The molecule has 2 fully saturated rings. The van der Waals surface area contributed by atoms with Crippen molar-refractivity contribution < 1.29 is 9.90 Å². The summed E-state index contributed by atoms with van der Waals surface area (Å²) in [7, 11) is 0. The van der Waals surface area contributed by atoms with Gasteiger partial charge >= 0.3 is 0 Å². The number of unbranched alkanes of at least 4 members (excludes halogenated alkanes) is 2. The molecular formula is C14H25NO2. The molecule has 1 spiro atoms. The van der Waals surface area contributed by atoms with Crippen LogP contribution in [0, 0.1) is 5.41 Å². The Labute approximate surface area is 104 Å². The molecule has 0 aromatic heterocycles. The molecule has 98 valence electrons. The van der Waals surface area contributed by atoms with Crippen molar-refractivity contribution in [1.29, 1.82) is 0 Å². The van der Waals surface area contributed by atoms with E-state index in [2.05, 4.69) is 6.92 Å². The molecule has 1 amide bonds. The van der Waals surface area contributed by atoms with Gasteiger partial charge in [-0.05, 0) is 37.5 Å². The zero-order chi connectivity index (χ0) is 12.3. The second-order valence-electron chi connectivity index (χ2n) is 5.90. The van der Waals surface area contributed by atoms with Crippen molar-refractivity contribution in [2.45, 2.75) is 64.4 Å². The first kappa shape index (κ1) is 12.9. The van der Waals surface area contributed by atoms with Crippen LogP contribution in [-0.2, 0) is 4.79 Å². The molecule has 3 heteroatoms. The lowest BCUT2D eigenvalue weighted by atomic mass is 9.61. The van der Waals surface area contributed by atoms with Crippen LogP contribution in [0.2, 0.25) is 0 Å². The highest BCUT2D eigenvalue weighted by atomic mass is 16.3. The Hall–Kier alpha value is -0.570. The second kappa shape index (κ2) is 5.38.